The highest BCUT2D eigenvalue weighted by atomic mass is 32.1. The summed E-state index contributed by atoms with van der Waals surface area (Å²) in [4.78, 5) is 29.8. The quantitative estimate of drug-likeness (QED) is 0.368. The predicted octanol–water partition coefficient (Wildman–Crippen LogP) is 4.04. The minimum absolute atomic E-state index is 0.0897. The van der Waals surface area contributed by atoms with Gasteiger partial charge in [0.2, 0.25) is 0 Å². The Morgan fingerprint density at radius 1 is 0.929 bits per heavy atom. The minimum atomic E-state index is -0.739. The van der Waals surface area contributed by atoms with Crippen LogP contribution in [0.1, 0.15) is 21.0 Å². The average Bonchev–Trinajstić information content (AvgIpc) is 3.43. The largest absolute Gasteiger partial charge is 0.451 e. The number of ether oxygens (including phenoxy) is 1. The first kappa shape index (κ1) is 17.8. The third-order valence-electron chi connectivity index (χ3n) is 3.96. The Kier molecular flexibility index (Phi) is 5.07. The number of carbonyl (C=O) groups excluding carboxylic acids is 2. The van der Waals surface area contributed by atoms with E-state index in [9.17, 15) is 9.59 Å². The van der Waals surface area contributed by atoms with Crippen molar-refractivity contribution in [2.24, 2.45) is 0 Å². The molecule has 7 heteroatoms. The summed E-state index contributed by atoms with van der Waals surface area (Å²) in [6, 6.07) is 21.9. The minimum Gasteiger partial charge on any atom is -0.451 e. The van der Waals surface area contributed by atoms with Gasteiger partial charge in [-0.15, -0.1) is 16.4 Å². The molecule has 0 N–H and O–H groups in total. The summed E-state index contributed by atoms with van der Waals surface area (Å²) in [6.07, 6.45) is 0. The van der Waals surface area contributed by atoms with Crippen LogP contribution in [0.4, 0.5) is 0 Å². The fourth-order valence-electron chi connectivity index (χ4n) is 2.62. The monoisotopic (exact) mass is 389 g/mol. The SMILES string of the molecule is O=C(COC(=O)c1nc(-c2cccs2)n(-c2ccccc2)n1)c1ccccc1. The molecule has 2 aromatic carbocycles. The van der Waals surface area contributed by atoms with Crippen LogP contribution >= 0.6 is 11.3 Å². The maximum atomic E-state index is 12.4. The highest BCUT2D eigenvalue weighted by Crippen LogP contribution is 2.25. The fraction of sp³-hybridized carbons (Fsp3) is 0.0476. The lowest BCUT2D eigenvalue weighted by atomic mass is 10.1. The van der Waals surface area contributed by atoms with Crippen LogP contribution in [-0.2, 0) is 4.74 Å². The van der Waals surface area contributed by atoms with E-state index >= 15 is 0 Å². The number of hydrogen-bond acceptors (Lipinski definition) is 6. The summed E-state index contributed by atoms with van der Waals surface area (Å²) >= 11 is 1.50. The molecule has 0 amide bonds. The third kappa shape index (κ3) is 3.74. The van der Waals surface area contributed by atoms with Crippen LogP contribution in [0.15, 0.2) is 78.2 Å². The first-order valence-electron chi connectivity index (χ1n) is 8.54. The number of thiophene rings is 1. The highest BCUT2D eigenvalue weighted by Gasteiger charge is 2.21. The maximum absolute atomic E-state index is 12.4. The zero-order valence-corrected chi connectivity index (χ0v) is 15.5. The first-order chi connectivity index (χ1) is 13.7. The lowest BCUT2D eigenvalue weighted by Gasteiger charge is -2.03. The summed E-state index contributed by atoms with van der Waals surface area (Å²) in [5, 5.41) is 6.24. The lowest BCUT2D eigenvalue weighted by molar-refractivity contribution is 0.0462. The van der Waals surface area contributed by atoms with Gasteiger partial charge in [0.05, 0.1) is 10.6 Å². The van der Waals surface area contributed by atoms with E-state index in [0.29, 0.717) is 11.4 Å². The van der Waals surface area contributed by atoms with Gasteiger partial charge in [-0.25, -0.2) is 9.48 Å². The molecule has 0 bridgehead atoms. The summed E-state index contributed by atoms with van der Waals surface area (Å²) < 4.78 is 6.74. The molecular weight excluding hydrogens is 374 g/mol. The zero-order valence-electron chi connectivity index (χ0n) is 14.7. The van der Waals surface area contributed by atoms with Gasteiger partial charge >= 0.3 is 5.97 Å². The Hall–Kier alpha value is -3.58. The number of carbonyl (C=O) groups is 2. The maximum Gasteiger partial charge on any atom is 0.378 e. The molecule has 138 valence electrons. The van der Waals surface area contributed by atoms with Gasteiger partial charge in [0.25, 0.3) is 5.82 Å². The molecule has 0 unspecified atom stereocenters. The molecule has 0 atom stereocenters. The van der Waals surface area contributed by atoms with Crippen molar-refractivity contribution in [3.8, 4) is 16.4 Å². The standard InChI is InChI=1S/C21H15N3O3S/c25-17(15-8-3-1-4-9-15)14-27-21(26)19-22-20(18-12-7-13-28-18)24(23-19)16-10-5-2-6-11-16/h1-13H,14H2. The molecular formula is C21H15N3O3S. The van der Waals surface area contributed by atoms with Crippen molar-refractivity contribution in [1.82, 2.24) is 14.8 Å². The number of aromatic nitrogens is 3. The Morgan fingerprint density at radius 3 is 2.32 bits per heavy atom. The van der Waals surface area contributed by atoms with Crippen molar-refractivity contribution in [1.29, 1.82) is 0 Å². The van der Waals surface area contributed by atoms with Gasteiger partial charge in [-0.2, -0.15) is 4.98 Å². The molecule has 0 aliphatic heterocycles. The molecule has 0 spiro atoms. The number of benzene rings is 2. The second-order valence-corrected chi connectivity index (χ2v) is 6.80. The van der Waals surface area contributed by atoms with E-state index in [-0.39, 0.29) is 18.2 Å². The fourth-order valence-corrected chi connectivity index (χ4v) is 3.31. The van der Waals surface area contributed by atoms with Crippen LogP contribution in [0.3, 0.4) is 0 Å². The van der Waals surface area contributed by atoms with Gasteiger partial charge in [0, 0.05) is 5.56 Å². The van der Waals surface area contributed by atoms with Crippen LogP contribution in [-0.4, -0.2) is 33.1 Å². The summed E-state index contributed by atoms with van der Waals surface area (Å²) in [5.41, 5.74) is 1.26. The van der Waals surface area contributed by atoms with E-state index in [1.54, 1.807) is 28.9 Å². The smallest absolute Gasteiger partial charge is 0.378 e. The second-order valence-electron chi connectivity index (χ2n) is 5.85. The van der Waals surface area contributed by atoms with Crippen molar-refractivity contribution in [3.05, 3.63) is 89.6 Å². The van der Waals surface area contributed by atoms with Gasteiger partial charge in [0.1, 0.15) is 0 Å². The van der Waals surface area contributed by atoms with Crippen LogP contribution in [0.5, 0.6) is 0 Å². The van der Waals surface area contributed by atoms with Crippen molar-refractivity contribution >= 4 is 23.1 Å². The molecule has 4 rings (SSSR count). The number of Topliss-reactive ketones (excluding diaryl/α,β-unsaturated/α-hetero) is 1. The number of para-hydroxylation sites is 1. The normalized spacial score (nSPS) is 10.6. The Bertz CT molecular complexity index is 1090. The van der Waals surface area contributed by atoms with Crippen molar-refractivity contribution in [2.45, 2.75) is 0 Å². The third-order valence-corrected chi connectivity index (χ3v) is 4.83. The van der Waals surface area contributed by atoms with Crippen molar-refractivity contribution < 1.29 is 14.3 Å². The molecule has 0 saturated carbocycles. The molecule has 0 aliphatic rings. The second kappa shape index (κ2) is 7.98. The molecule has 28 heavy (non-hydrogen) atoms. The average molecular weight is 389 g/mol. The lowest BCUT2D eigenvalue weighted by Crippen LogP contribution is -2.15. The van der Waals surface area contributed by atoms with Gasteiger partial charge < -0.3 is 4.74 Å². The van der Waals surface area contributed by atoms with Gasteiger partial charge in [-0.05, 0) is 23.6 Å². The van der Waals surface area contributed by atoms with E-state index in [4.69, 9.17) is 4.74 Å². The van der Waals surface area contributed by atoms with Gasteiger partial charge in [-0.3, -0.25) is 4.79 Å². The van der Waals surface area contributed by atoms with E-state index in [1.165, 1.54) is 11.3 Å². The summed E-state index contributed by atoms with van der Waals surface area (Å²) in [7, 11) is 0. The topological polar surface area (TPSA) is 74.1 Å². The van der Waals surface area contributed by atoms with E-state index < -0.39 is 5.97 Å². The molecule has 0 radical (unpaired) electrons. The van der Waals surface area contributed by atoms with Crippen molar-refractivity contribution in [3.63, 3.8) is 0 Å². The van der Waals surface area contributed by atoms with Crippen molar-refractivity contribution in [2.75, 3.05) is 6.61 Å². The molecule has 0 aliphatic carbocycles. The first-order valence-corrected chi connectivity index (χ1v) is 9.42. The number of nitrogens with zero attached hydrogens (tertiary/aromatic N) is 3. The highest BCUT2D eigenvalue weighted by molar-refractivity contribution is 7.13. The molecule has 2 heterocycles. The van der Waals surface area contributed by atoms with Gasteiger partial charge in [-0.1, -0.05) is 54.6 Å². The molecule has 2 aromatic heterocycles. The molecule has 0 saturated heterocycles. The predicted molar refractivity (Wildman–Crippen MR) is 106 cm³/mol. The zero-order chi connectivity index (χ0) is 19.3. The van der Waals surface area contributed by atoms with Crippen LogP contribution in [0.2, 0.25) is 0 Å². The van der Waals surface area contributed by atoms with E-state index in [0.717, 1.165) is 10.6 Å². The van der Waals surface area contributed by atoms with Crippen LogP contribution < -0.4 is 0 Å². The number of hydrogen-bond donors (Lipinski definition) is 0. The Balaban J connectivity index is 1.58. The van der Waals surface area contributed by atoms with Crippen LogP contribution in [0, 0.1) is 0 Å². The Labute approximate surface area is 165 Å². The molecule has 4 aromatic rings. The molecule has 0 fully saturated rings. The van der Waals surface area contributed by atoms with E-state index in [1.807, 2.05) is 53.9 Å². The summed E-state index contributed by atoms with van der Waals surface area (Å²) in [6.45, 7) is -0.364. The number of esters is 1. The summed E-state index contributed by atoms with van der Waals surface area (Å²) in [5.74, 6) is -0.567. The van der Waals surface area contributed by atoms with Crippen LogP contribution in [0.25, 0.3) is 16.4 Å². The van der Waals surface area contributed by atoms with Gasteiger partial charge in [0.15, 0.2) is 18.2 Å². The van der Waals surface area contributed by atoms with E-state index in [2.05, 4.69) is 10.1 Å². The Morgan fingerprint density at radius 2 is 1.64 bits per heavy atom. The molecule has 6 nitrogen and oxygen atoms in total. The number of ketones is 1. The number of rotatable bonds is 6.